The third-order valence-corrected chi connectivity index (χ3v) is 4.07. The number of carbonyl (C=O) groups is 1. The maximum atomic E-state index is 13.1. The highest BCUT2D eigenvalue weighted by molar-refractivity contribution is 7.80. The Hall–Kier alpha value is -1.69. The lowest BCUT2D eigenvalue weighted by molar-refractivity contribution is -0.116. The van der Waals surface area contributed by atoms with Gasteiger partial charge in [0.2, 0.25) is 5.91 Å². The van der Waals surface area contributed by atoms with Crippen molar-refractivity contribution in [2.75, 3.05) is 11.9 Å². The molecule has 1 aliphatic rings. The van der Waals surface area contributed by atoms with Crippen LogP contribution in [0.1, 0.15) is 33.6 Å². The van der Waals surface area contributed by atoms with Gasteiger partial charge in [-0.2, -0.15) is 0 Å². The average Bonchev–Trinajstić information content (AvgIpc) is 2.36. The van der Waals surface area contributed by atoms with Crippen LogP contribution in [0, 0.1) is 5.82 Å². The summed E-state index contributed by atoms with van der Waals surface area (Å²) >= 11 is 5.39. The molecule has 0 aliphatic carbocycles. The number of nitrogens with one attached hydrogen (secondary N) is 2. The summed E-state index contributed by atoms with van der Waals surface area (Å²) in [6.45, 7) is 6.89. The molecule has 0 unspecified atom stereocenters. The van der Waals surface area contributed by atoms with Crippen molar-refractivity contribution in [3.8, 4) is 0 Å². The van der Waals surface area contributed by atoms with Crippen molar-refractivity contribution in [2.24, 2.45) is 0 Å². The van der Waals surface area contributed by atoms with E-state index in [1.165, 1.54) is 12.1 Å². The number of thiocarbonyl (C=S) groups is 1. The number of hydrogen-bond donors (Lipinski definition) is 2. The van der Waals surface area contributed by atoms with E-state index in [1.807, 2.05) is 4.90 Å². The maximum absolute atomic E-state index is 13.1. The van der Waals surface area contributed by atoms with Gasteiger partial charge in [0, 0.05) is 30.2 Å². The lowest BCUT2D eigenvalue weighted by Crippen LogP contribution is -2.60. The summed E-state index contributed by atoms with van der Waals surface area (Å²) in [5.41, 5.74) is 0.454. The maximum Gasteiger partial charge on any atom is 0.226 e. The minimum absolute atomic E-state index is 0.0170. The van der Waals surface area contributed by atoms with Gasteiger partial charge in [0.1, 0.15) is 5.82 Å². The highest BCUT2D eigenvalue weighted by atomic mass is 32.1. The Morgan fingerprint density at radius 1 is 1.55 bits per heavy atom. The number of halogens is 1. The molecule has 0 aromatic heterocycles. The van der Waals surface area contributed by atoms with Crippen LogP contribution in [0.15, 0.2) is 24.3 Å². The van der Waals surface area contributed by atoms with Crippen molar-refractivity contribution in [2.45, 2.75) is 45.2 Å². The van der Waals surface area contributed by atoms with Gasteiger partial charge in [-0.25, -0.2) is 4.39 Å². The summed E-state index contributed by atoms with van der Waals surface area (Å²) in [5, 5.41) is 6.67. The SMILES string of the molecule is C[C@@H]1CC(C)(C)NC(=S)N1CCC(=O)Nc1cccc(F)c1. The average molecular weight is 323 g/mol. The van der Waals surface area contributed by atoms with Crippen molar-refractivity contribution in [1.29, 1.82) is 0 Å². The monoisotopic (exact) mass is 323 g/mol. The summed E-state index contributed by atoms with van der Waals surface area (Å²) in [6, 6.07) is 6.16. The van der Waals surface area contributed by atoms with Gasteiger partial charge in [-0.15, -0.1) is 0 Å². The number of rotatable bonds is 4. The third-order valence-electron chi connectivity index (χ3n) is 3.73. The first-order valence-corrected chi connectivity index (χ1v) is 7.82. The van der Waals surface area contributed by atoms with E-state index < -0.39 is 0 Å². The molecule has 22 heavy (non-hydrogen) atoms. The van der Waals surface area contributed by atoms with E-state index in [9.17, 15) is 9.18 Å². The van der Waals surface area contributed by atoms with Crippen LogP contribution in [0.2, 0.25) is 0 Å². The van der Waals surface area contributed by atoms with Crippen LogP contribution in [0.3, 0.4) is 0 Å². The van der Waals surface area contributed by atoms with Gasteiger partial charge in [0.25, 0.3) is 0 Å². The van der Waals surface area contributed by atoms with Crippen molar-refractivity contribution in [3.05, 3.63) is 30.1 Å². The summed E-state index contributed by atoms with van der Waals surface area (Å²) in [6.07, 6.45) is 1.27. The number of nitrogens with zero attached hydrogens (tertiary/aromatic N) is 1. The van der Waals surface area contributed by atoms with Crippen molar-refractivity contribution in [3.63, 3.8) is 0 Å². The molecule has 1 heterocycles. The normalized spacial score (nSPS) is 20.5. The molecular formula is C16H22FN3OS. The molecule has 1 fully saturated rings. The van der Waals surface area contributed by atoms with Gasteiger partial charge in [-0.05, 0) is 57.6 Å². The zero-order valence-electron chi connectivity index (χ0n) is 13.1. The zero-order valence-corrected chi connectivity index (χ0v) is 14.0. The topological polar surface area (TPSA) is 44.4 Å². The Morgan fingerprint density at radius 2 is 2.27 bits per heavy atom. The number of anilines is 1. The first-order valence-electron chi connectivity index (χ1n) is 7.41. The molecule has 4 nitrogen and oxygen atoms in total. The molecule has 1 atom stereocenters. The van der Waals surface area contributed by atoms with E-state index in [1.54, 1.807) is 12.1 Å². The summed E-state index contributed by atoms with van der Waals surface area (Å²) in [5.74, 6) is -0.513. The molecule has 0 bridgehead atoms. The fourth-order valence-electron chi connectivity index (χ4n) is 2.79. The van der Waals surface area contributed by atoms with Crippen LogP contribution in [0.5, 0.6) is 0 Å². The number of carbonyl (C=O) groups excluding carboxylic acids is 1. The van der Waals surface area contributed by atoms with E-state index in [-0.39, 0.29) is 23.3 Å². The van der Waals surface area contributed by atoms with Gasteiger partial charge in [-0.1, -0.05) is 6.07 Å². The minimum Gasteiger partial charge on any atom is -0.358 e. The largest absolute Gasteiger partial charge is 0.358 e. The molecule has 1 amide bonds. The third kappa shape index (κ3) is 4.40. The first-order chi connectivity index (χ1) is 10.3. The van der Waals surface area contributed by atoms with Crippen LogP contribution >= 0.6 is 12.2 Å². The first kappa shape index (κ1) is 16.7. The zero-order chi connectivity index (χ0) is 16.3. The molecule has 1 saturated heterocycles. The van der Waals surface area contributed by atoms with Gasteiger partial charge in [0.15, 0.2) is 5.11 Å². The lowest BCUT2D eigenvalue weighted by atomic mass is 9.93. The van der Waals surface area contributed by atoms with Crippen molar-refractivity contribution in [1.82, 2.24) is 10.2 Å². The molecule has 1 aliphatic heterocycles. The molecule has 1 aromatic rings. The van der Waals surface area contributed by atoms with Gasteiger partial charge >= 0.3 is 0 Å². The Balaban J connectivity index is 1.87. The highest BCUT2D eigenvalue weighted by Gasteiger charge is 2.32. The van der Waals surface area contributed by atoms with Crippen LogP contribution < -0.4 is 10.6 Å². The number of benzene rings is 1. The highest BCUT2D eigenvalue weighted by Crippen LogP contribution is 2.22. The standard InChI is InChI=1S/C16H22FN3OS/c1-11-10-16(2,3)19-15(22)20(11)8-7-14(21)18-13-6-4-5-12(17)9-13/h4-6,9,11H,7-8,10H2,1-3H3,(H,18,21)(H,19,22)/t11-/m1/s1. The van der Waals surface area contributed by atoms with Gasteiger partial charge in [0.05, 0.1) is 0 Å². The van der Waals surface area contributed by atoms with E-state index in [0.717, 1.165) is 6.42 Å². The van der Waals surface area contributed by atoms with Gasteiger partial charge in [-0.3, -0.25) is 4.79 Å². The number of amides is 1. The fourth-order valence-corrected chi connectivity index (χ4v) is 3.34. The fraction of sp³-hybridized carbons (Fsp3) is 0.500. The summed E-state index contributed by atoms with van der Waals surface area (Å²) < 4.78 is 13.1. The Morgan fingerprint density at radius 3 is 2.91 bits per heavy atom. The van der Waals surface area contributed by atoms with E-state index in [2.05, 4.69) is 31.4 Å². The summed E-state index contributed by atoms with van der Waals surface area (Å²) in [4.78, 5) is 14.0. The molecular weight excluding hydrogens is 301 g/mol. The van der Waals surface area contributed by atoms with Crippen LogP contribution in [-0.4, -0.2) is 34.0 Å². The molecule has 1 aromatic carbocycles. The quantitative estimate of drug-likeness (QED) is 0.836. The Bertz CT molecular complexity index is 576. The minimum atomic E-state index is -0.366. The van der Waals surface area contributed by atoms with Crippen LogP contribution in [0.4, 0.5) is 10.1 Å². The summed E-state index contributed by atoms with van der Waals surface area (Å²) in [7, 11) is 0. The molecule has 0 radical (unpaired) electrons. The van der Waals surface area contributed by atoms with Crippen molar-refractivity contribution < 1.29 is 9.18 Å². The van der Waals surface area contributed by atoms with E-state index in [4.69, 9.17) is 12.2 Å². The second-order valence-electron chi connectivity index (χ2n) is 6.37. The van der Waals surface area contributed by atoms with Crippen LogP contribution in [0.25, 0.3) is 0 Å². The van der Waals surface area contributed by atoms with E-state index in [0.29, 0.717) is 23.8 Å². The van der Waals surface area contributed by atoms with Crippen molar-refractivity contribution >= 4 is 28.9 Å². The Labute approximate surface area is 136 Å². The molecule has 2 rings (SSSR count). The molecule has 0 spiro atoms. The number of hydrogen-bond acceptors (Lipinski definition) is 2. The predicted molar refractivity (Wildman–Crippen MR) is 90.2 cm³/mol. The van der Waals surface area contributed by atoms with Gasteiger partial charge < -0.3 is 15.5 Å². The van der Waals surface area contributed by atoms with Crippen LogP contribution in [-0.2, 0) is 4.79 Å². The molecule has 120 valence electrons. The molecule has 2 N–H and O–H groups in total. The smallest absolute Gasteiger partial charge is 0.226 e. The Kier molecular flexibility index (Phi) is 5.01. The molecule has 0 saturated carbocycles. The molecule has 6 heteroatoms. The lowest BCUT2D eigenvalue weighted by Gasteiger charge is -2.44. The van der Waals surface area contributed by atoms with E-state index >= 15 is 0 Å². The predicted octanol–water partition coefficient (Wildman–Crippen LogP) is 2.90. The second kappa shape index (κ2) is 6.60. The second-order valence-corrected chi connectivity index (χ2v) is 6.76.